The standard InChI is InChI=1S/C7H3ClF3N/c8-7(11)4(3-12)1-2-5(9)6(7)10/h1-2,4H. The van der Waals surface area contributed by atoms with Gasteiger partial charge < -0.3 is 0 Å². The second-order valence-corrected chi connectivity index (χ2v) is 2.80. The lowest BCUT2D eigenvalue weighted by atomic mass is 9.98. The van der Waals surface area contributed by atoms with Crippen LogP contribution in [-0.4, -0.2) is 5.13 Å². The number of rotatable bonds is 0. The summed E-state index contributed by atoms with van der Waals surface area (Å²) in [5, 5.41) is 5.23. The summed E-state index contributed by atoms with van der Waals surface area (Å²) in [6, 6.07) is 1.41. The van der Waals surface area contributed by atoms with Crippen LogP contribution >= 0.6 is 11.6 Å². The monoisotopic (exact) mass is 193 g/mol. The van der Waals surface area contributed by atoms with E-state index in [1.165, 1.54) is 6.07 Å². The number of allylic oxidation sites excluding steroid dienone is 4. The summed E-state index contributed by atoms with van der Waals surface area (Å²) in [6.45, 7) is 0. The number of hydrogen-bond acceptors (Lipinski definition) is 1. The quantitative estimate of drug-likeness (QED) is 0.543. The normalized spacial score (nSPS) is 35.1. The van der Waals surface area contributed by atoms with E-state index in [1.54, 1.807) is 0 Å². The van der Waals surface area contributed by atoms with Gasteiger partial charge in [0.1, 0.15) is 5.92 Å². The van der Waals surface area contributed by atoms with Crippen LogP contribution in [0.5, 0.6) is 0 Å². The smallest absolute Gasteiger partial charge is 0.216 e. The van der Waals surface area contributed by atoms with Crippen molar-refractivity contribution in [3.63, 3.8) is 0 Å². The maximum absolute atomic E-state index is 13.0. The molecule has 0 fully saturated rings. The maximum atomic E-state index is 13.0. The minimum atomic E-state index is -3.06. The lowest BCUT2D eigenvalue weighted by molar-refractivity contribution is 0.232. The van der Waals surface area contributed by atoms with Gasteiger partial charge in [0.05, 0.1) is 6.07 Å². The fourth-order valence-electron chi connectivity index (χ4n) is 0.795. The molecule has 0 saturated carbocycles. The Morgan fingerprint density at radius 1 is 1.58 bits per heavy atom. The highest BCUT2D eigenvalue weighted by Crippen LogP contribution is 2.41. The third-order valence-electron chi connectivity index (χ3n) is 1.47. The Kier molecular flexibility index (Phi) is 2.16. The third-order valence-corrected chi connectivity index (χ3v) is 1.87. The molecule has 12 heavy (non-hydrogen) atoms. The van der Waals surface area contributed by atoms with E-state index in [-0.39, 0.29) is 0 Å². The molecule has 0 aliphatic heterocycles. The minimum absolute atomic E-state index is 0.684. The fraction of sp³-hybridized carbons (Fsp3) is 0.286. The Labute approximate surface area is 71.7 Å². The predicted octanol–water partition coefficient (Wildman–Crippen LogP) is 2.75. The summed E-state index contributed by atoms with van der Waals surface area (Å²) < 4.78 is 38.0. The van der Waals surface area contributed by atoms with E-state index in [4.69, 9.17) is 16.9 Å². The molecule has 1 aliphatic carbocycles. The molecule has 5 heteroatoms. The summed E-state index contributed by atoms with van der Waals surface area (Å²) in [6.07, 6.45) is 1.56. The lowest BCUT2D eigenvalue weighted by Gasteiger charge is -2.21. The molecular formula is C7H3ClF3N. The average molecular weight is 194 g/mol. The molecule has 1 rings (SSSR count). The Hall–Kier alpha value is -0.950. The molecule has 64 valence electrons. The van der Waals surface area contributed by atoms with E-state index < -0.39 is 22.7 Å². The summed E-state index contributed by atoms with van der Waals surface area (Å²) in [7, 11) is 0. The van der Waals surface area contributed by atoms with Crippen LogP contribution in [0.15, 0.2) is 23.8 Å². The van der Waals surface area contributed by atoms with Gasteiger partial charge in [0.25, 0.3) is 5.13 Å². The summed E-state index contributed by atoms with van der Waals surface area (Å²) in [5.41, 5.74) is 0. The molecular weight excluding hydrogens is 191 g/mol. The highest BCUT2D eigenvalue weighted by molar-refractivity contribution is 6.25. The third kappa shape index (κ3) is 1.21. The summed E-state index contributed by atoms with van der Waals surface area (Å²) in [4.78, 5) is 0. The van der Waals surface area contributed by atoms with Gasteiger partial charge in [0, 0.05) is 0 Å². The average Bonchev–Trinajstić information content (AvgIpc) is 2.01. The highest BCUT2D eigenvalue weighted by atomic mass is 35.5. The molecule has 0 radical (unpaired) electrons. The molecule has 1 aliphatic rings. The van der Waals surface area contributed by atoms with Gasteiger partial charge >= 0.3 is 0 Å². The first kappa shape index (κ1) is 9.14. The van der Waals surface area contributed by atoms with Crippen LogP contribution in [0.25, 0.3) is 0 Å². The van der Waals surface area contributed by atoms with Gasteiger partial charge in [-0.05, 0) is 6.08 Å². The summed E-state index contributed by atoms with van der Waals surface area (Å²) >= 11 is 4.97. The molecule has 2 unspecified atom stereocenters. The zero-order chi connectivity index (χ0) is 9.35. The van der Waals surface area contributed by atoms with Crippen LogP contribution in [0.4, 0.5) is 13.2 Å². The Morgan fingerprint density at radius 2 is 2.17 bits per heavy atom. The van der Waals surface area contributed by atoms with Gasteiger partial charge in [-0.3, -0.25) is 0 Å². The molecule has 2 atom stereocenters. The van der Waals surface area contributed by atoms with Crippen LogP contribution in [-0.2, 0) is 0 Å². The molecule has 0 amide bonds. The second kappa shape index (κ2) is 2.83. The lowest BCUT2D eigenvalue weighted by Crippen LogP contribution is -2.28. The number of alkyl halides is 2. The van der Waals surface area contributed by atoms with Crippen LogP contribution in [0.1, 0.15) is 0 Å². The van der Waals surface area contributed by atoms with Crippen molar-refractivity contribution in [2.45, 2.75) is 5.13 Å². The number of halogens is 4. The van der Waals surface area contributed by atoms with Crippen molar-refractivity contribution < 1.29 is 13.2 Å². The maximum Gasteiger partial charge on any atom is 0.256 e. The molecule has 0 N–H and O–H groups in total. The zero-order valence-corrected chi connectivity index (χ0v) is 6.45. The Bertz CT molecular complexity index is 300. The molecule has 0 saturated heterocycles. The molecule has 0 aromatic carbocycles. The minimum Gasteiger partial charge on any atom is -0.216 e. The van der Waals surface area contributed by atoms with Crippen molar-refractivity contribution >= 4 is 11.6 Å². The van der Waals surface area contributed by atoms with E-state index >= 15 is 0 Å². The first-order chi connectivity index (χ1) is 5.50. The number of hydrogen-bond donors (Lipinski definition) is 0. The van der Waals surface area contributed by atoms with Crippen molar-refractivity contribution in [2.75, 3.05) is 0 Å². The van der Waals surface area contributed by atoms with Crippen molar-refractivity contribution in [2.24, 2.45) is 5.92 Å². The Morgan fingerprint density at radius 3 is 2.67 bits per heavy atom. The van der Waals surface area contributed by atoms with Crippen LogP contribution < -0.4 is 0 Å². The second-order valence-electron chi connectivity index (χ2n) is 2.25. The topological polar surface area (TPSA) is 23.8 Å². The van der Waals surface area contributed by atoms with E-state index in [0.29, 0.717) is 6.08 Å². The number of nitriles is 1. The van der Waals surface area contributed by atoms with Gasteiger partial charge in [0.2, 0.25) is 0 Å². The van der Waals surface area contributed by atoms with E-state index in [2.05, 4.69) is 0 Å². The highest BCUT2D eigenvalue weighted by Gasteiger charge is 2.45. The van der Waals surface area contributed by atoms with Gasteiger partial charge in [0.15, 0.2) is 11.7 Å². The van der Waals surface area contributed by atoms with Crippen LogP contribution in [0, 0.1) is 17.2 Å². The predicted molar refractivity (Wildman–Crippen MR) is 37.2 cm³/mol. The van der Waals surface area contributed by atoms with Crippen molar-refractivity contribution in [3.8, 4) is 6.07 Å². The first-order valence-electron chi connectivity index (χ1n) is 3.01. The zero-order valence-electron chi connectivity index (χ0n) is 5.69. The summed E-state index contributed by atoms with van der Waals surface area (Å²) in [5.74, 6) is -4.60. The van der Waals surface area contributed by atoms with Crippen molar-refractivity contribution in [3.05, 3.63) is 23.8 Å². The van der Waals surface area contributed by atoms with Crippen molar-refractivity contribution in [1.82, 2.24) is 0 Å². The van der Waals surface area contributed by atoms with Gasteiger partial charge in [-0.1, -0.05) is 17.7 Å². The molecule has 0 aromatic rings. The van der Waals surface area contributed by atoms with Gasteiger partial charge in [-0.2, -0.15) is 5.26 Å². The van der Waals surface area contributed by atoms with Gasteiger partial charge in [-0.15, -0.1) is 0 Å². The molecule has 0 aromatic heterocycles. The molecule has 1 nitrogen and oxygen atoms in total. The Balaban J connectivity index is 3.13. The number of nitrogens with zero attached hydrogens (tertiary/aromatic N) is 1. The van der Waals surface area contributed by atoms with E-state index in [9.17, 15) is 13.2 Å². The molecule has 0 bridgehead atoms. The fourth-order valence-corrected chi connectivity index (χ4v) is 1.01. The molecule has 0 spiro atoms. The SMILES string of the molecule is N#CC1C=CC(F)=C(F)C1(F)Cl. The van der Waals surface area contributed by atoms with E-state index in [0.717, 1.165) is 6.08 Å². The first-order valence-corrected chi connectivity index (χ1v) is 3.39. The van der Waals surface area contributed by atoms with Crippen molar-refractivity contribution in [1.29, 1.82) is 5.26 Å². The molecule has 0 heterocycles. The van der Waals surface area contributed by atoms with Crippen LogP contribution in [0.2, 0.25) is 0 Å². The van der Waals surface area contributed by atoms with Gasteiger partial charge in [-0.25, -0.2) is 13.2 Å². The van der Waals surface area contributed by atoms with Crippen LogP contribution in [0.3, 0.4) is 0 Å². The largest absolute Gasteiger partial charge is 0.256 e. The van der Waals surface area contributed by atoms with E-state index in [1.807, 2.05) is 0 Å².